The molecule has 164 valence electrons. The van der Waals surface area contributed by atoms with Gasteiger partial charge in [0.2, 0.25) is 0 Å². The van der Waals surface area contributed by atoms with Crippen molar-refractivity contribution in [3.05, 3.63) is 70.9 Å². The van der Waals surface area contributed by atoms with Gasteiger partial charge in [-0.05, 0) is 24.1 Å². The van der Waals surface area contributed by atoms with E-state index >= 15 is 0 Å². The van der Waals surface area contributed by atoms with Gasteiger partial charge in [-0.2, -0.15) is 0 Å². The second kappa shape index (κ2) is 8.51. The summed E-state index contributed by atoms with van der Waals surface area (Å²) in [5, 5.41) is 1.80. The van der Waals surface area contributed by atoms with E-state index in [0.717, 1.165) is 26.1 Å². The van der Waals surface area contributed by atoms with Crippen LogP contribution in [0, 0.1) is 0 Å². The quantitative estimate of drug-likeness (QED) is 0.505. The van der Waals surface area contributed by atoms with E-state index in [0.29, 0.717) is 28.9 Å². The van der Waals surface area contributed by atoms with Crippen molar-refractivity contribution >= 4 is 27.4 Å². The zero-order valence-electron chi connectivity index (χ0n) is 18.3. The van der Waals surface area contributed by atoms with Gasteiger partial charge in [-0.1, -0.05) is 24.3 Å². The van der Waals surface area contributed by atoms with Crippen molar-refractivity contribution in [3.63, 3.8) is 0 Å². The largest absolute Gasteiger partial charge is 0.493 e. The molecule has 0 spiro atoms. The van der Waals surface area contributed by atoms with Gasteiger partial charge >= 0.3 is 0 Å². The van der Waals surface area contributed by atoms with Crippen molar-refractivity contribution in [1.29, 1.82) is 0 Å². The molecular weight excluding hydrogens is 404 g/mol. The molecule has 0 fully saturated rings. The molecule has 0 radical (unpaired) electrons. The normalized spacial score (nSPS) is 14.6. The Kier molecular flexibility index (Phi) is 5.41. The molecule has 7 heteroatoms. The number of H-pyrrole nitrogens is 1. The molecule has 7 nitrogen and oxygen atoms in total. The predicted molar refractivity (Wildman–Crippen MR) is 126 cm³/mol. The van der Waals surface area contributed by atoms with Crippen LogP contribution in [0.5, 0.6) is 11.5 Å². The van der Waals surface area contributed by atoms with Gasteiger partial charge in [-0.25, -0.2) is 4.98 Å². The van der Waals surface area contributed by atoms with E-state index in [1.807, 2.05) is 0 Å². The molecule has 2 aromatic carbocycles. The highest BCUT2D eigenvalue weighted by atomic mass is 16.5. The van der Waals surface area contributed by atoms with Crippen LogP contribution in [-0.4, -0.2) is 53.3 Å². The first-order valence-corrected chi connectivity index (χ1v) is 10.8. The summed E-state index contributed by atoms with van der Waals surface area (Å²) >= 11 is 0. The Morgan fingerprint density at radius 3 is 2.66 bits per heavy atom. The standard InChI is InChI=1S/C25H26N4O3/c1-31-23-13-19-22(14-24(23)32-2)27-16-29(25(19)30)12-11-28-9-7-17(8-10-28)20-15-26-21-6-4-3-5-18(20)21/h3-7,13-16,26H,8-12H2,1-2H3. The average Bonchev–Trinajstić information content (AvgIpc) is 3.27. The van der Waals surface area contributed by atoms with E-state index in [2.05, 4.69) is 51.4 Å². The summed E-state index contributed by atoms with van der Waals surface area (Å²) in [5.74, 6) is 1.10. The average molecular weight is 431 g/mol. The highest BCUT2D eigenvalue weighted by Gasteiger charge is 2.16. The van der Waals surface area contributed by atoms with Crippen molar-refractivity contribution in [1.82, 2.24) is 19.4 Å². The van der Waals surface area contributed by atoms with Gasteiger partial charge < -0.3 is 14.5 Å². The minimum Gasteiger partial charge on any atom is -0.493 e. The number of nitrogens with one attached hydrogen (secondary N) is 1. The molecule has 0 saturated heterocycles. The molecule has 0 atom stereocenters. The van der Waals surface area contributed by atoms with Gasteiger partial charge in [0.15, 0.2) is 11.5 Å². The lowest BCUT2D eigenvalue weighted by Crippen LogP contribution is -2.34. The summed E-state index contributed by atoms with van der Waals surface area (Å²) in [6.45, 7) is 3.21. The number of rotatable bonds is 6. The number of hydrogen-bond acceptors (Lipinski definition) is 5. The number of nitrogens with zero attached hydrogens (tertiary/aromatic N) is 3. The van der Waals surface area contributed by atoms with E-state index in [9.17, 15) is 4.79 Å². The second-order valence-corrected chi connectivity index (χ2v) is 8.00. The molecule has 3 heterocycles. The highest BCUT2D eigenvalue weighted by Crippen LogP contribution is 2.30. The fourth-order valence-corrected chi connectivity index (χ4v) is 4.39. The fraction of sp³-hybridized carbons (Fsp3) is 0.280. The van der Waals surface area contributed by atoms with E-state index in [1.165, 1.54) is 22.0 Å². The highest BCUT2D eigenvalue weighted by molar-refractivity contribution is 5.92. The molecule has 0 aliphatic carbocycles. The molecule has 32 heavy (non-hydrogen) atoms. The Balaban J connectivity index is 1.30. The van der Waals surface area contributed by atoms with Crippen LogP contribution < -0.4 is 15.0 Å². The molecule has 5 rings (SSSR count). The van der Waals surface area contributed by atoms with Crippen LogP contribution in [0.15, 0.2) is 59.8 Å². The lowest BCUT2D eigenvalue weighted by molar-refractivity contribution is 0.287. The summed E-state index contributed by atoms with van der Waals surface area (Å²) < 4.78 is 12.3. The molecule has 0 unspecified atom stereocenters. The molecular formula is C25H26N4O3. The number of aromatic nitrogens is 3. The molecule has 0 saturated carbocycles. The van der Waals surface area contributed by atoms with E-state index < -0.39 is 0 Å². The van der Waals surface area contributed by atoms with Gasteiger partial charge in [0.1, 0.15) is 0 Å². The van der Waals surface area contributed by atoms with Crippen molar-refractivity contribution in [2.75, 3.05) is 33.9 Å². The van der Waals surface area contributed by atoms with Crippen LogP contribution in [0.1, 0.15) is 12.0 Å². The minimum atomic E-state index is -0.0667. The van der Waals surface area contributed by atoms with Gasteiger partial charge in [-0.3, -0.25) is 14.3 Å². The molecule has 1 N–H and O–H groups in total. The molecule has 1 aliphatic heterocycles. The zero-order chi connectivity index (χ0) is 22.1. The molecule has 0 bridgehead atoms. The second-order valence-electron chi connectivity index (χ2n) is 8.00. The summed E-state index contributed by atoms with van der Waals surface area (Å²) in [4.78, 5) is 23.2. The number of methoxy groups -OCH3 is 2. The first kappa shape index (κ1) is 20.3. The Labute approximate surface area is 185 Å². The summed E-state index contributed by atoms with van der Waals surface area (Å²) in [6, 6.07) is 11.8. The monoisotopic (exact) mass is 430 g/mol. The number of aromatic amines is 1. The number of para-hydroxylation sites is 1. The molecule has 4 aromatic rings. The maximum absolute atomic E-state index is 13.0. The van der Waals surface area contributed by atoms with Crippen LogP contribution in [0.4, 0.5) is 0 Å². The Bertz CT molecular complexity index is 1370. The first-order valence-electron chi connectivity index (χ1n) is 10.8. The molecule has 1 aliphatic rings. The van der Waals surface area contributed by atoms with Gasteiger partial charge in [0, 0.05) is 54.9 Å². The van der Waals surface area contributed by atoms with Crippen LogP contribution in [0.2, 0.25) is 0 Å². The number of benzene rings is 2. The third-order valence-corrected chi connectivity index (χ3v) is 6.21. The number of ether oxygens (including phenoxy) is 2. The smallest absolute Gasteiger partial charge is 0.261 e. The molecule has 0 amide bonds. The van der Waals surface area contributed by atoms with Crippen LogP contribution in [0.25, 0.3) is 27.4 Å². The van der Waals surface area contributed by atoms with Crippen molar-refractivity contribution in [2.24, 2.45) is 0 Å². The number of hydrogen-bond donors (Lipinski definition) is 1. The lowest BCUT2D eigenvalue weighted by Gasteiger charge is -2.26. The third kappa shape index (κ3) is 3.65. The Morgan fingerprint density at radius 2 is 1.88 bits per heavy atom. The van der Waals surface area contributed by atoms with Crippen molar-refractivity contribution < 1.29 is 9.47 Å². The SMILES string of the molecule is COc1cc2ncn(CCN3CC=C(c4c[nH]c5ccccc45)CC3)c(=O)c2cc1OC. The van der Waals surface area contributed by atoms with E-state index in [4.69, 9.17) is 9.47 Å². The Hall–Kier alpha value is -3.58. The summed E-state index contributed by atoms with van der Waals surface area (Å²) in [7, 11) is 3.13. The van der Waals surface area contributed by atoms with Gasteiger partial charge in [0.05, 0.1) is 31.4 Å². The zero-order valence-corrected chi connectivity index (χ0v) is 18.3. The maximum Gasteiger partial charge on any atom is 0.261 e. The summed E-state index contributed by atoms with van der Waals surface area (Å²) in [5.41, 5.74) is 4.38. The maximum atomic E-state index is 13.0. The van der Waals surface area contributed by atoms with Crippen molar-refractivity contribution in [3.8, 4) is 11.5 Å². The third-order valence-electron chi connectivity index (χ3n) is 6.21. The topological polar surface area (TPSA) is 72.4 Å². The van der Waals surface area contributed by atoms with Crippen LogP contribution in [0.3, 0.4) is 0 Å². The van der Waals surface area contributed by atoms with Crippen molar-refractivity contribution in [2.45, 2.75) is 13.0 Å². The summed E-state index contributed by atoms with van der Waals surface area (Å²) in [6.07, 6.45) is 7.02. The minimum absolute atomic E-state index is 0.0667. The first-order chi connectivity index (χ1) is 15.7. The van der Waals surface area contributed by atoms with Crippen LogP contribution >= 0.6 is 0 Å². The fourth-order valence-electron chi connectivity index (χ4n) is 4.39. The predicted octanol–water partition coefficient (Wildman–Crippen LogP) is 3.68. The van der Waals surface area contributed by atoms with Crippen LogP contribution in [-0.2, 0) is 6.54 Å². The van der Waals surface area contributed by atoms with E-state index in [1.54, 1.807) is 37.2 Å². The van der Waals surface area contributed by atoms with Gasteiger partial charge in [0.25, 0.3) is 5.56 Å². The Morgan fingerprint density at radius 1 is 1.06 bits per heavy atom. The molecule has 2 aromatic heterocycles. The van der Waals surface area contributed by atoms with E-state index in [-0.39, 0.29) is 5.56 Å². The van der Waals surface area contributed by atoms with Gasteiger partial charge in [-0.15, -0.1) is 0 Å². The lowest BCUT2D eigenvalue weighted by atomic mass is 9.99. The number of fused-ring (bicyclic) bond motifs is 2.